The second-order valence-corrected chi connectivity index (χ2v) is 3.32. The second kappa shape index (κ2) is 4.69. The van der Waals surface area contributed by atoms with Gasteiger partial charge in [-0.2, -0.15) is 0 Å². The molecule has 0 amide bonds. The summed E-state index contributed by atoms with van der Waals surface area (Å²) in [6, 6.07) is 4.31. The van der Waals surface area contributed by atoms with Gasteiger partial charge < -0.3 is 4.74 Å². The second-order valence-electron chi connectivity index (χ2n) is 3.32. The lowest BCUT2D eigenvalue weighted by molar-refractivity contribution is 0.112. The van der Waals surface area contributed by atoms with Crippen LogP contribution in [0.5, 0.6) is 6.01 Å². The summed E-state index contributed by atoms with van der Waals surface area (Å²) in [4.78, 5) is 18.4. The molecule has 0 bridgehead atoms. The monoisotopic (exact) mass is 232 g/mol. The van der Waals surface area contributed by atoms with Gasteiger partial charge in [0.2, 0.25) is 0 Å². The molecule has 0 unspecified atom stereocenters. The van der Waals surface area contributed by atoms with Crippen LogP contribution >= 0.6 is 0 Å². The summed E-state index contributed by atoms with van der Waals surface area (Å²) in [6.07, 6.45) is 3.55. The third-order valence-corrected chi connectivity index (χ3v) is 2.25. The molecule has 1 aromatic carbocycles. The van der Waals surface area contributed by atoms with Gasteiger partial charge in [-0.25, -0.2) is 14.4 Å². The molecule has 0 spiro atoms. The number of aldehydes is 1. The summed E-state index contributed by atoms with van der Waals surface area (Å²) in [5.41, 5.74) is 1.18. The van der Waals surface area contributed by atoms with Crippen LogP contribution in [0.15, 0.2) is 30.6 Å². The summed E-state index contributed by atoms with van der Waals surface area (Å²) in [5.74, 6) is -0.427. The van der Waals surface area contributed by atoms with Gasteiger partial charge in [0.1, 0.15) is 12.1 Å². The largest absolute Gasteiger partial charge is 0.467 e. The molecule has 0 saturated heterocycles. The molecular formula is C12H9FN2O2. The highest BCUT2D eigenvalue weighted by Crippen LogP contribution is 2.22. The van der Waals surface area contributed by atoms with Crippen molar-refractivity contribution in [3.63, 3.8) is 0 Å². The summed E-state index contributed by atoms with van der Waals surface area (Å²) < 4.78 is 18.4. The Hall–Kier alpha value is -2.30. The fourth-order valence-electron chi connectivity index (χ4n) is 1.40. The fourth-order valence-corrected chi connectivity index (χ4v) is 1.40. The molecule has 4 nitrogen and oxygen atoms in total. The Morgan fingerprint density at radius 1 is 1.29 bits per heavy atom. The topological polar surface area (TPSA) is 52.1 Å². The molecule has 1 aromatic heterocycles. The Morgan fingerprint density at radius 2 is 2.00 bits per heavy atom. The van der Waals surface area contributed by atoms with E-state index in [9.17, 15) is 9.18 Å². The molecule has 0 atom stereocenters. The molecule has 2 aromatic rings. The highest BCUT2D eigenvalue weighted by Gasteiger charge is 2.07. The van der Waals surface area contributed by atoms with Crippen molar-refractivity contribution in [2.24, 2.45) is 0 Å². The summed E-state index contributed by atoms with van der Waals surface area (Å²) in [7, 11) is 1.45. The number of ether oxygens (including phenoxy) is 1. The molecule has 0 aliphatic carbocycles. The van der Waals surface area contributed by atoms with E-state index in [-0.39, 0.29) is 11.6 Å². The maximum atomic E-state index is 13.6. The lowest BCUT2D eigenvalue weighted by Crippen LogP contribution is -1.93. The smallest absolute Gasteiger partial charge is 0.316 e. The number of carbonyl (C=O) groups excluding carboxylic acids is 1. The maximum absolute atomic E-state index is 13.6. The molecule has 0 saturated carbocycles. The predicted molar refractivity (Wildman–Crippen MR) is 59.4 cm³/mol. The van der Waals surface area contributed by atoms with E-state index < -0.39 is 5.82 Å². The summed E-state index contributed by atoms with van der Waals surface area (Å²) in [5, 5.41) is 0. The molecule has 5 heteroatoms. The Labute approximate surface area is 97.1 Å². The molecule has 17 heavy (non-hydrogen) atoms. The molecule has 0 aliphatic heterocycles. The number of halogens is 1. The van der Waals surface area contributed by atoms with Crippen molar-refractivity contribution in [2.45, 2.75) is 0 Å². The highest BCUT2D eigenvalue weighted by atomic mass is 19.1. The quantitative estimate of drug-likeness (QED) is 0.760. The van der Waals surface area contributed by atoms with Crippen LogP contribution in [0.4, 0.5) is 4.39 Å². The predicted octanol–water partition coefficient (Wildman–Crippen LogP) is 2.10. The van der Waals surface area contributed by atoms with Crippen LogP contribution in [0.2, 0.25) is 0 Å². The van der Waals surface area contributed by atoms with E-state index >= 15 is 0 Å². The van der Waals surface area contributed by atoms with Crippen molar-refractivity contribution in [2.75, 3.05) is 7.11 Å². The first-order valence-corrected chi connectivity index (χ1v) is 4.85. The first-order valence-electron chi connectivity index (χ1n) is 4.85. The molecule has 0 N–H and O–H groups in total. The van der Waals surface area contributed by atoms with Crippen molar-refractivity contribution in [1.82, 2.24) is 9.97 Å². The van der Waals surface area contributed by atoms with Gasteiger partial charge >= 0.3 is 6.01 Å². The number of rotatable bonds is 3. The number of carbonyl (C=O) groups is 1. The Balaban J connectivity index is 2.47. The summed E-state index contributed by atoms with van der Waals surface area (Å²) in [6.45, 7) is 0. The third-order valence-electron chi connectivity index (χ3n) is 2.25. The average Bonchev–Trinajstić information content (AvgIpc) is 2.39. The van der Waals surface area contributed by atoms with E-state index in [1.165, 1.54) is 37.7 Å². The Kier molecular flexibility index (Phi) is 3.09. The number of hydrogen-bond donors (Lipinski definition) is 0. The van der Waals surface area contributed by atoms with E-state index in [4.69, 9.17) is 4.74 Å². The number of aromatic nitrogens is 2. The minimum atomic E-state index is -0.427. The average molecular weight is 232 g/mol. The van der Waals surface area contributed by atoms with E-state index in [1.807, 2.05) is 0 Å². The van der Waals surface area contributed by atoms with Gasteiger partial charge in [-0.15, -0.1) is 0 Å². The van der Waals surface area contributed by atoms with E-state index in [0.717, 1.165) is 0 Å². The lowest BCUT2D eigenvalue weighted by Gasteiger charge is -2.04. The van der Waals surface area contributed by atoms with Crippen molar-refractivity contribution in [3.05, 3.63) is 42.0 Å². The van der Waals surface area contributed by atoms with Crippen LogP contribution in [0.25, 0.3) is 11.1 Å². The number of nitrogens with zero attached hydrogens (tertiary/aromatic N) is 2. The van der Waals surface area contributed by atoms with E-state index in [0.29, 0.717) is 17.4 Å². The van der Waals surface area contributed by atoms with Gasteiger partial charge in [0, 0.05) is 29.1 Å². The van der Waals surface area contributed by atoms with Crippen LogP contribution in [0.3, 0.4) is 0 Å². The van der Waals surface area contributed by atoms with Crippen molar-refractivity contribution in [3.8, 4) is 17.1 Å². The standard InChI is InChI=1S/C12H9FN2O2/c1-17-12-14-5-9(6-15-12)10-4-8(7-16)2-3-11(10)13/h2-7H,1H3. The van der Waals surface area contributed by atoms with Crippen molar-refractivity contribution >= 4 is 6.29 Å². The molecule has 0 fully saturated rings. The maximum Gasteiger partial charge on any atom is 0.316 e. The van der Waals surface area contributed by atoms with Gasteiger partial charge in [-0.3, -0.25) is 4.79 Å². The molecule has 0 aliphatic rings. The SMILES string of the molecule is COc1ncc(-c2cc(C=O)ccc2F)cn1. The van der Waals surface area contributed by atoms with Crippen LogP contribution in [0, 0.1) is 5.82 Å². The molecule has 1 heterocycles. The third kappa shape index (κ3) is 2.28. The summed E-state index contributed by atoms with van der Waals surface area (Å²) >= 11 is 0. The number of methoxy groups -OCH3 is 1. The van der Waals surface area contributed by atoms with Gasteiger partial charge in [0.15, 0.2) is 0 Å². The first kappa shape index (κ1) is 11.2. The van der Waals surface area contributed by atoms with Gasteiger partial charge in [-0.05, 0) is 18.2 Å². The highest BCUT2D eigenvalue weighted by molar-refractivity contribution is 5.78. The normalized spacial score (nSPS) is 10.0. The van der Waals surface area contributed by atoms with Crippen LogP contribution in [-0.4, -0.2) is 23.4 Å². The van der Waals surface area contributed by atoms with E-state index in [1.54, 1.807) is 0 Å². The minimum Gasteiger partial charge on any atom is -0.467 e. The lowest BCUT2D eigenvalue weighted by atomic mass is 10.1. The fraction of sp³-hybridized carbons (Fsp3) is 0.0833. The molecular weight excluding hydrogens is 223 g/mol. The Morgan fingerprint density at radius 3 is 2.59 bits per heavy atom. The number of benzene rings is 1. The van der Waals surface area contributed by atoms with E-state index in [2.05, 4.69) is 9.97 Å². The number of hydrogen-bond acceptors (Lipinski definition) is 4. The van der Waals surface area contributed by atoms with Crippen LogP contribution in [-0.2, 0) is 0 Å². The van der Waals surface area contributed by atoms with Crippen molar-refractivity contribution < 1.29 is 13.9 Å². The minimum absolute atomic E-state index is 0.209. The van der Waals surface area contributed by atoms with Crippen molar-refractivity contribution in [1.29, 1.82) is 0 Å². The van der Waals surface area contributed by atoms with Gasteiger partial charge in [0.05, 0.1) is 7.11 Å². The van der Waals surface area contributed by atoms with Crippen LogP contribution in [0.1, 0.15) is 10.4 Å². The molecule has 0 radical (unpaired) electrons. The van der Waals surface area contributed by atoms with Gasteiger partial charge in [-0.1, -0.05) is 0 Å². The zero-order valence-electron chi connectivity index (χ0n) is 9.05. The molecule has 86 valence electrons. The van der Waals surface area contributed by atoms with Gasteiger partial charge in [0.25, 0.3) is 0 Å². The first-order chi connectivity index (χ1) is 8.24. The Bertz CT molecular complexity index is 541. The zero-order chi connectivity index (χ0) is 12.3. The molecule has 2 rings (SSSR count). The van der Waals surface area contributed by atoms with Crippen LogP contribution < -0.4 is 4.74 Å². The zero-order valence-corrected chi connectivity index (χ0v) is 9.05.